The number of aromatic nitrogens is 8. The van der Waals surface area contributed by atoms with Gasteiger partial charge in [-0.05, 0) is 25.7 Å². The first-order valence-corrected chi connectivity index (χ1v) is 13.5. The first-order chi connectivity index (χ1) is 20.9. The van der Waals surface area contributed by atoms with Gasteiger partial charge in [0.15, 0.2) is 6.35 Å². The number of halogens is 7. The van der Waals surface area contributed by atoms with E-state index in [-0.39, 0.29) is 28.5 Å². The highest BCUT2D eigenvalue weighted by molar-refractivity contribution is 6.32. The zero-order chi connectivity index (χ0) is 31.5. The zero-order valence-corrected chi connectivity index (χ0v) is 23.2. The highest BCUT2D eigenvalue weighted by Crippen LogP contribution is 2.38. The van der Waals surface area contributed by atoms with Gasteiger partial charge in [0.2, 0.25) is 5.95 Å². The smallest absolute Gasteiger partial charge is 0.361 e. The molecule has 19 heteroatoms. The summed E-state index contributed by atoms with van der Waals surface area (Å²) >= 11 is 6.00. The van der Waals surface area contributed by atoms with Crippen molar-refractivity contribution in [3.8, 4) is 22.6 Å². The predicted molar refractivity (Wildman–Crippen MR) is 145 cm³/mol. The molecule has 44 heavy (non-hydrogen) atoms. The summed E-state index contributed by atoms with van der Waals surface area (Å²) in [5.41, 5.74) is -0.792. The van der Waals surface area contributed by atoms with Crippen LogP contribution >= 0.6 is 11.6 Å². The summed E-state index contributed by atoms with van der Waals surface area (Å²) in [5.74, 6) is 0.0568. The van der Waals surface area contributed by atoms with Gasteiger partial charge in [-0.3, -0.25) is 15.4 Å². The Bertz CT molecular complexity index is 1530. The molecular weight excluding hydrogens is 620 g/mol. The minimum atomic E-state index is -4.76. The molecule has 0 spiro atoms. The fourth-order valence-corrected chi connectivity index (χ4v) is 4.99. The Morgan fingerprint density at radius 1 is 0.955 bits per heavy atom. The largest absolute Gasteiger partial charge is 0.420 e. The second kappa shape index (κ2) is 12.8. The number of aliphatic hydroxyl groups excluding tert-OH is 1. The van der Waals surface area contributed by atoms with E-state index in [1.807, 2.05) is 0 Å². The van der Waals surface area contributed by atoms with Gasteiger partial charge >= 0.3 is 12.4 Å². The van der Waals surface area contributed by atoms with E-state index in [1.54, 1.807) is 0 Å². The van der Waals surface area contributed by atoms with E-state index in [0.717, 1.165) is 0 Å². The molecule has 4 aromatic heterocycles. The Labute approximate surface area is 250 Å². The number of H-pyrrole nitrogens is 1. The lowest BCUT2D eigenvalue weighted by atomic mass is 9.90. The number of rotatable bonds is 9. The second-order valence-corrected chi connectivity index (χ2v) is 10.3. The molecule has 4 N–H and O–H groups in total. The van der Waals surface area contributed by atoms with Crippen LogP contribution in [0.25, 0.3) is 22.6 Å². The first-order valence-electron chi connectivity index (χ1n) is 13.1. The van der Waals surface area contributed by atoms with Crippen LogP contribution < -0.4 is 15.5 Å². The summed E-state index contributed by atoms with van der Waals surface area (Å²) in [4.78, 5) is 25.7. The van der Waals surface area contributed by atoms with Crippen molar-refractivity contribution in [2.45, 2.75) is 56.5 Å². The summed E-state index contributed by atoms with van der Waals surface area (Å²) < 4.78 is 79.7. The molecule has 1 aliphatic rings. The molecule has 1 atom stereocenters. The summed E-state index contributed by atoms with van der Waals surface area (Å²) in [5, 5.41) is 22.0. The number of hydrogen-bond donors (Lipinski definition) is 4. The van der Waals surface area contributed by atoms with E-state index >= 15 is 0 Å². The van der Waals surface area contributed by atoms with Crippen LogP contribution in [-0.4, -0.2) is 76.4 Å². The normalized spacial score (nSPS) is 18.2. The molecule has 0 aliphatic heterocycles. The predicted octanol–water partition coefficient (Wildman–Crippen LogP) is 4.44. The monoisotopic (exact) mass is 643 g/mol. The van der Waals surface area contributed by atoms with Crippen molar-refractivity contribution in [3.63, 3.8) is 0 Å². The van der Waals surface area contributed by atoms with Gasteiger partial charge in [-0.25, -0.2) is 24.9 Å². The second-order valence-electron chi connectivity index (χ2n) is 9.85. The number of alkyl halides is 6. The van der Waals surface area contributed by atoms with Crippen molar-refractivity contribution in [3.05, 3.63) is 54.1 Å². The number of nitrogens with one attached hydrogen (secondary N) is 3. The Kier molecular flexibility index (Phi) is 9.12. The van der Waals surface area contributed by atoms with E-state index < -0.39 is 42.5 Å². The van der Waals surface area contributed by atoms with Gasteiger partial charge in [-0.1, -0.05) is 11.6 Å². The highest BCUT2D eigenvalue weighted by atomic mass is 35.5. The summed E-state index contributed by atoms with van der Waals surface area (Å²) in [7, 11) is 0. The van der Waals surface area contributed by atoms with E-state index in [9.17, 15) is 31.4 Å². The zero-order valence-electron chi connectivity index (χ0n) is 22.5. The molecule has 1 aliphatic carbocycles. The van der Waals surface area contributed by atoms with E-state index in [4.69, 9.17) is 11.6 Å². The lowest BCUT2D eigenvalue weighted by molar-refractivity contribution is -0.137. The van der Waals surface area contributed by atoms with Gasteiger partial charge in [-0.2, -0.15) is 31.4 Å². The summed E-state index contributed by atoms with van der Waals surface area (Å²) in [6.45, 7) is -1.44. The summed E-state index contributed by atoms with van der Waals surface area (Å²) in [6, 6.07) is -0.755. The van der Waals surface area contributed by atoms with Gasteiger partial charge in [0.1, 0.15) is 29.1 Å². The molecule has 1 unspecified atom stereocenters. The summed E-state index contributed by atoms with van der Waals surface area (Å²) in [6.07, 6.45) is -0.486. The van der Waals surface area contributed by atoms with Crippen molar-refractivity contribution >= 4 is 23.4 Å². The number of anilines is 2. The molecule has 234 valence electrons. The third kappa shape index (κ3) is 7.48. The van der Waals surface area contributed by atoms with Gasteiger partial charge in [0.25, 0.3) is 0 Å². The van der Waals surface area contributed by atoms with Gasteiger partial charge in [0.05, 0.1) is 29.7 Å². The Balaban J connectivity index is 1.31. The standard InChI is InChI=1S/C25H24ClF6N11O/c26-17-8-39-42-21(17)20-16(25(30,31)32)7-37-22(41-20)40-14-1-3-15(4-2-14)43(23(44)38-11-24(27,28)29)19-10-35-18(9-36-19)13-5-33-12-34-6-13/h5-10,12,14-15,23,38,44H,1-4,11H2,(H,39,42)(H,37,40,41)/t14-,15-,23?. The molecule has 0 bridgehead atoms. The maximum Gasteiger partial charge on any atom is 0.420 e. The van der Waals surface area contributed by atoms with Crippen LogP contribution in [0.5, 0.6) is 0 Å². The third-order valence-electron chi connectivity index (χ3n) is 6.84. The van der Waals surface area contributed by atoms with Gasteiger partial charge in [0, 0.05) is 42.4 Å². The molecule has 5 rings (SSSR count). The Morgan fingerprint density at radius 3 is 2.27 bits per heavy atom. The topological polar surface area (TPSA) is 154 Å². The maximum atomic E-state index is 13.6. The van der Waals surface area contributed by atoms with Crippen molar-refractivity contribution in [2.24, 2.45) is 0 Å². The highest BCUT2D eigenvalue weighted by Gasteiger charge is 2.37. The molecule has 0 saturated heterocycles. The van der Waals surface area contributed by atoms with Gasteiger partial charge in [-0.15, -0.1) is 0 Å². The quantitative estimate of drug-likeness (QED) is 0.151. The van der Waals surface area contributed by atoms with Crippen LogP contribution in [0.15, 0.2) is 43.5 Å². The van der Waals surface area contributed by atoms with Crippen molar-refractivity contribution in [1.82, 2.24) is 45.4 Å². The Hall–Kier alpha value is -4.16. The third-order valence-corrected chi connectivity index (χ3v) is 7.13. The van der Waals surface area contributed by atoms with E-state index in [2.05, 4.69) is 50.7 Å². The fourth-order valence-electron chi connectivity index (χ4n) is 4.81. The molecule has 4 heterocycles. The number of nitrogens with zero attached hydrogens (tertiary/aromatic N) is 8. The maximum absolute atomic E-state index is 13.6. The lowest BCUT2D eigenvalue weighted by Crippen LogP contribution is -2.54. The number of aliphatic hydroxyl groups is 1. The van der Waals surface area contributed by atoms with Crippen molar-refractivity contribution in [1.29, 1.82) is 0 Å². The average molecular weight is 644 g/mol. The first kappa shape index (κ1) is 31.3. The van der Waals surface area contributed by atoms with Crippen LogP contribution in [-0.2, 0) is 6.18 Å². The minimum absolute atomic E-state index is 0.0494. The molecular formula is C25H24ClF6N11O. The van der Waals surface area contributed by atoms with Gasteiger partial charge < -0.3 is 15.3 Å². The van der Waals surface area contributed by atoms with Crippen LogP contribution in [0.2, 0.25) is 5.02 Å². The van der Waals surface area contributed by atoms with Crippen LogP contribution in [0, 0.1) is 0 Å². The van der Waals surface area contributed by atoms with Crippen LogP contribution in [0.4, 0.5) is 38.1 Å². The SMILES string of the molecule is OC(NCC(F)(F)F)N(c1cnc(-c2cncnc2)cn1)[C@H]1CC[C@H](Nc2ncc(C(F)(F)F)c(-c3n[nH]cc3Cl)n2)CC1. The lowest BCUT2D eigenvalue weighted by Gasteiger charge is -2.40. The molecule has 1 saturated carbocycles. The molecule has 4 aromatic rings. The Morgan fingerprint density at radius 2 is 1.68 bits per heavy atom. The minimum Gasteiger partial charge on any atom is -0.361 e. The van der Waals surface area contributed by atoms with Crippen molar-refractivity contribution < 1.29 is 31.4 Å². The molecule has 0 amide bonds. The number of hydrogen-bond acceptors (Lipinski definition) is 11. The average Bonchev–Trinajstić information content (AvgIpc) is 3.42. The van der Waals surface area contributed by atoms with Crippen molar-refractivity contribution in [2.75, 3.05) is 16.8 Å². The molecule has 0 radical (unpaired) electrons. The van der Waals surface area contributed by atoms with Crippen LogP contribution in [0.3, 0.4) is 0 Å². The van der Waals surface area contributed by atoms with E-state index in [0.29, 0.717) is 43.1 Å². The molecule has 12 nitrogen and oxygen atoms in total. The van der Waals surface area contributed by atoms with E-state index in [1.165, 1.54) is 42.2 Å². The fraction of sp³-hybridized carbons (Fsp3) is 0.400. The number of aromatic amines is 1. The molecule has 1 fully saturated rings. The molecule has 0 aromatic carbocycles. The van der Waals surface area contributed by atoms with Crippen LogP contribution in [0.1, 0.15) is 31.2 Å².